The number of nitrogens with two attached hydrogens (primary N) is 1. The van der Waals surface area contributed by atoms with E-state index in [0.29, 0.717) is 21.9 Å². The van der Waals surface area contributed by atoms with Crippen molar-refractivity contribution in [2.45, 2.75) is 10.8 Å². The highest BCUT2D eigenvalue weighted by Gasteiger charge is 2.20. The van der Waals surface area contributed by atoms with Crippen LogP contribution in [0.2, 0.25) is 0 Å². The van der Waals surface area contributed by atoms with E-state index in [0.717, 1.165) is 12.0 Å². The summed E-state index contributed by atoms with van der Waals surface area (Å²) in [6, 6.07) is 15.5. The van der Waals surface area contributed by atoms with Gasteiger partial charge in [0, 0.05) is 25.4 Å². The third-order valence-electron chi connectivity index (χ3n) is 4.05. The van der Waals surface area contributed by atoms with Crippen molar-refractivity contribution in [1.82, 2.24) is 9.88 Å². The second-order valence-corrected chi connectivity index (χ2v) is 7.61. The lowest BCUT2D eigenvalue weighted by atomic mass is 9.97. The summed E-state index contributed by atoms with van der Waals surface area (Å²) in [4.78, 5) is 15.1. The minimum Gasteiger partial charge on any atom is -0.383 e. The predicted molar refractivity (Wildman–Crippen MR) is 119 cm³/mol. The highest BCUT2D eigenvalue weighted by molar-refractivity contribution is 7.98. The maximum atomic E-state index is 13.3. The lowest BCUT2D eigenvalue weighted by Crippen LogP contribution is -2.06. The van der Waals surface area contributed by atoms with Gasteiger partial charge in [-0.15, -0.1) is 11.8 Å². The number of carbonyl (C=O) groups is 1. The molecule has 0 aliphatic heterocycles. The second kappa shape index (κ2) is 11.4. The molecule has 3 aromatic rings. The quantitative estimate of drug-likeness (QED) is 0.457. The molecule has 0 atom stereocenters. The zero-order valence-corrected chi connectivity index (χ0v) is 18.2. The molecule has 1 heterocycles. The molecule has 0 saturated heterocycles. The van der Waals surface area contributed by atoms with Gasteiger partial charge in [-0.3, -0.25) is 4.79 Å². The molecule has 0 spiro atoms. The number of aromatic nitrogens is 1. The topological polar surface area (TPSA) is 107 Å². The van der Waals surface area contributed by atoms with Crippen LogP contribution in [0.25, 0.3) is 11.1 Å². The van der Waals surface area contributed by atoms with Crippen molar-refractivity contribution in [2.24, 2.45) is 0 Å². The summed E-state index contributed by atoms with van der Waals surface area (Å²) in [5.74, 6) is -0.321. The number of nitrogen functional groups attached to an aromatic ring is 1. The lowest BCUT2D eigenvalue weighted by molar-refractivity contribution is -0.115. The first kappa shape index (κ1) is 24.3. The number of nitrogens with zero attached hydrogens (tertiary/aromatic N) is 4. The number of carbonyl (C=O) groups excluding carboxylic acids is 1. The van der Waals surface area contributed by atoms with Gasteiger partial charge in [0.05, 0.1) is 5.56 Å². The molecule has 0 aliphatic rings. The van der Waals surface area contributed by atoms with Crippen LogP contribution in [0.1, 0.15) is 16.7 Å². The third-order valence-corrected chi connectivity index (χ3v) is 5.09. The smallest absolute Gasteiger partial charge is 0.209 e. The number of hydrogen-bond acceptors (Lipinski definition) is 6. The van der Waals surface area contributed by atoms with Gasteiger partial charge in [-0.25, -0.2) is 13.8 Å². The minimum atomic E-state index is -0.427. The summed E-state index contributed by atoms with van der Waals surface area (Å²) in [5.41, 5.74) is 7.88. The Kier molecular flexibility index (Phi) is 8.70. The molecule has 32 heavy (non-hydrogen) atoms. The van der Waals surface area contributed by atoms with Crippen LogP contribution >= 0.6 is 11.8 Å². The molecule has 0 fully saturated rings. The van der Waals surface area contributed by atoms with Gasteiger partial charge in [-0.05, 0) is 35.4 Å². The summed E-state index contributed by atoms with van der Waals surface area (Å²) in [7, 11) is 3.38. The number of nitriles is 2. The largest absolute Gasteiger partial charge is 0.383 e. The SMILES string of the molecule is CN(C)C=O.N#Cc1c(N)nc(SCc2ccc(F)cc2)c(C#N)c1-c1ccc(F)cc1. The standard InChI is InChI=1S/C20H12F2N4S.C3H7NO/c21-14-5-1-12(2-6-14)11-27-20-17(10-24)18(16(9-23)19(25)26-20)13-3-7-15(22)8-4-13;1-4(2)3-5/h1-8H,11H2,(H2,25,26);3H,1-2H3. The van der Waals surface area contributed by atoms with E-state index in [1.54, 1.807) is 26.2 Å². The van der Waals surface area contributed by atoms with Gasteiger partial charge in [-0.2, -0.15) is 10.5 Å². The molecule has 162 valence electrons. The maximum Gasteiger partial charge on any atom is 0.209 e. The molecule has 3 rings (SSSR count). The van der Waals surface area contributed by atoms with Crippen LogP contribution in [0.15, 0.2) is 53.6 Å². The van der Waals surface area contributed by atoms with Crippen LogP contribution in [0.4, 0.5) is 14.6 Å². The summed E-state index contributed by atoms with van der Waals surface area (Å²) in [5, 5.41) is 19.5. The molecule has 0 unspecified atom stereocenters. The highest BCUT2D eigenvalue weighted by Crippen LogP contribution is 2.36. The first-order valence-corrected chi connectivity index (χ1v) is 10.2. The summed E-state index contributed by atoms with van der Waals surface area (Å²) >= 11 is 1.26. The van der Waals surface area contributed by atoms with Crippen LogP contribution < -0.4 is 5.73 Å². The highest BCUT2D eigenvalue weighted by atomic mass is 32.2. The van der Waals surface area contributed by atoms with Crippen molar-refractivity contribution in [2.75, 3.05) is 19.8 Å². The average Bonchev–Trinajstić information content (AvgIpc) is 2.79. The molecular weight excluding hydrogens is 432 g/mol. The number of rotatable bonds is 5. The van der Waals surface area contributed by atoms with E-state index in [9.17, 15) is 24.1 Å². The fraction of sp³-hybridized carbons (Fsp3) is 0.130. The average molecular weight is 452 g/mol. The van der Waals surface area contributed by atoms with Gasteiger partial charge in [0.25, 0.3) is 0 Å². The first-order valence-electron chi connectivity index (χ1n) is 9.19. The Labute approximate surface area is 188 Å². The number of benzene rings is 2. The van der Waals surface area contributed by atoms with Crippen LogP contribution in [-0.4, -0.2) is 30.4 Å². The van der Waals surface area contributed by atoms with Gasteiger partial charge >= 0.3 is 0 Å². The minimum absolute atomic E-state index is 0.00238. The monoisotopic (exact) mass is 451 g/mol. The Morgan fingerprint density at radius 3 is 1.97 bits per heavy atom. The fourth-order valence-electron chi connectivity index (χ4n) is 2.54. The van der Waals surface area contributed by atoms with Crippen LogP contribution in [0.5, 0.6) is 0 Å². The van der Waals surface area contributed by atoms with E-state index in [2.05, 4.69) is 11.1 Å². The molecule has 9 heteroatoms. The maximum absolute atomic E-state index is 13.3. The Bertz CT molecular complexity index is 1170. The summed E-state index contributed by atoms with van der Waals surface area (Å²) in [6.07, 6.45) is 0.750. The summed E-state index contributed by atoms with van der Waals surface area (Å²) in [6.45, 7) is 0. The van der Waals surface area contributed by atoms with Crippen molar-refractivity contribution in [3.63, 3.8) is 0 Å². The Morgan fingerprint density at radius 1 is 1.00 bits per heavy atom. The Hall–Kier alpha value is -3.95. The predicted octanol–water partition coefficient (Wildman–Crippen LogP) is 4.35. The van der Waals surface area contributed by atoms with E-state index in [4.69, 9.17) is 5.73 Å². The Balaban J connectivity index is 0.000000654. The van der Waals surface area contributed by atoms with E-state index >= 15 is 0 Å². The molecule has 0 saturated carbocycles. The second-order valence-electron chi connectivity index (χ2n) is 6.64. The van der Waals surface area contributed by atoms with E-state index < -0.39 is 5.82 Å². The number of thioether (sulfide) groups is 1. The molecular formula is C23H19F2N5OS. The molecule has 0 aliphatic carbocycles. The zero-order valence-electron chi connectivity index (χ0n) is 17.3. The first-order chi connectivity index (χ1) is 15.3. The molecule has 0 radical (unpaired) electrons. The van der Waals surface area contributed by atoms with Crippen molar-refractivity contribution < 1.29 is 13.6 Å². The number of hydrogen-bond donors (Lipinski definition) is 1. The molecule has 2 aromatic carbocycles. The van der Waals surface area contributed by atoms with Gasteiger partial charge in [0.1, 0.15) is 40.2 Å². The number of amides is 1. The lowest BCUT2D eigenvalue weighted by Gasteiger charge is -2.13. The molecule has 1 aromatic heterocycles. The summed E-state index contributed by atoms with van der Waals surface area (Å²) < 4.78 is 26.3. The third kappa shape index (κ3) is 6.27. The molecule has 0 bridgehead atoms. The van der Waals surface area contributed by atoms with Gasteiger partial charge < -0.3 is 10.6 Å². The molecule has 6 nitrogen and oxygen atoms in total. The van der Waals surface area contributed by atoms with Gasteiger partial charge in [0.15, 0.2) is 0 Å². The number of halogens is 2. The number of anilines is 1. The van der Waals surface area contributed by atoms with Crippen molar-refractivity contribution >= 4 is 24.0 Å². The Morgan fingerprint density at radius 2 is 1.50 bits per heavy atom. The molecule has 2 N–H and O–H groups in total. The van der Waals surface area contributed by atoms with Crippen LogP contribution in [0.3, 0.4) is 0 Å². The van der Waals surface area contributed by atoms with Crippen LogP contribution in [0, 0.1) is 34.3 Å². The number of pyridine rings is 1. The normalized spacial score (nSPS) is 9.69. The zero-order chi connectivity index (χ0) is 23.7. The van der Waals surface area contributed by atoms with E-state index in [-0.39, 0.29) is 22.8 Å². The van der Waals surface area contributed by atoms with E-state index in [1.165, 1.54) is 53.1 Å². The van der Waals surface area contributed by atoms with Crippen LogP contribution in [-0.2, 0) is 10.5 Å². The van der Waals surface area contributed by atoms with Gasteiger partial charge in [0.2, 0.25) is 6.41 Å². The van der Waals surface area contributed by atoms with Crippen molar-refractivity contribution in [3.05, 3.63) is 76.9 Å². The van der Waals surface area contributed by atoms with Gasteiger partial charge in [-0.1, -0.05) is 24.3 Å². The fourth-order valence-corrected chi connectivity index (χ4v) is 3.49. The molecule has 1 amide bonds. The van der Waals surface area contributed by atoms with Crippen molar-refractivity contribution in [3.8, 4) is 23.3 Å². The van der Waals surface area contributed by atoms with Crippen molar-refractivity contribution in [1.29, 1.82) is 10.5 Å². The van der Waals surface area contributed by atoms with E-state index in [1.807, 2.05) is 6.07 Å².